The van der Waals surface area contributed by atoms with Gasteiger partial charge >= 0.3 is 6.18 Å². The predicted molar refractivity (Wildman–Crippen MR) is 107 cm³/mol. The predicted octanol–water partition coefficient (Wildman–Crippen LogP) is 5.07. The Bertz CT molecular complexity index is 887. The van der Waals surface area contributed by atoms with Crippen LogP contribution in [0.25, 0.3) is 0 Å². The summed E-state index contributed by atoms with van der Waals surface area (Å²) in [7, 11) is 0. The van der Waals surface area contributed by atoms with Crippen molar-refractivity contribution < 1.29 is 18.0 Å². The summed E-state index contributed by atoms with van der Waals surface area (Å²) in [4.78, 5) is 15.4. The smallest absolute Gasteiger partial charge is 0.372 e. The van der Waals surface area contributed by atoms with Crippen molar-refractivity contribution >= 4 is 23.0 Å². The van der Waals surface area contributed by atoms with Crippen LogP contribution in [0.5, 0.6) is 0 Å². The van der Waals surface area contributed by atoms with Gasteiger partial charge in [-0.2, -0.15) is 13.2 Å². The van der Waals surface area contributed by atoms with E-state index in [0.29, 0.717) is 26.2 Å². The fraction of sp³-hybridized carbons (Fsp3) is 0.409. The highest BCUT2D eigenvalue weighted by Crippen LogP contribution is 2.35. The van der Waals surface area contributed by atoms with E-state index in [0.717, 1.165) is 22.6 Å². The van der Waals surface area contributed by atoms with Crippen molar-refractivity contribution in [2.24, 2.45) is 5.92 Å². The third-order valence-corrected chi connectivity index (χ3v) is 5.85. The number of nitrogens with one attached hydrogen (secondary N) is 1. The number of hydrogen-bond donors (Lipinski definition) is 1. The summed E-state index contributed by atoms with van der Waals surface area (Å²) >= 11 is 0. The van der Waals surface area contributed by atoms with E-state index in [1.54, 1.807) is 6.92 Å². The molecule has 29 heavy (non-hydrogen) atoms. The molecule has 2 aliphatic heterocycles. The molecule has 0 bridgehead atoms. The number of piperidine rings is 1. The normalized spacial score (nSPS) is 17.4. The van der Waals surface area contributed by atoms with Crippen LogP contribution in [-0.2, 0) is 17.9 Å². The summed E-state index contributed by atoms with van der Waals surface area (Å²) in [6, 6.07) is 13.9. The van der Waals surface area contributed by atoms with Crippen LogP contribution in [0.15, 0.2) is 42.5 Å². The van der Waals surface area contributed by atoms with Gasteiger partial charge in [-0.15, -0.1) is 0 Å². The Kier molecular flexibility index (Phi) is 5.15. The molecule has 154 valence electrons. The lowest BCUT2D eigenvalue weighted by atomic mass is 9.96. The molecule has 0 spiro atoms. The zero-order chi connectivity index (χ0) is 20.6. The second-order valence-corrected chi connectivity index (χ2v) is 7.83. The highest BCUT2D eigenvalue weighted by molar-refractivity contribution is 5.74. The largest absolute Gasteiger partial charge is 0.391 e. The second-order valence-electron chi connectivity index (χ2n) is 7.83. The van der Waals surface area contributed by atoms with Crippen molar-refractivity contribution in [1.82, 2.24) is 4.90 Å². The minimum absolute atomic E-state index is 0.0746. The number of benzene rings is 2. The Morgan fingerprint density at radius 3 is 2.21 bits per heavy atom. The summed E-state index contributed by atoms with van der Waals surface area (Å²) in [6.07, 6.45) is -3.79. The molecular formula is C22H24F3N3O. The number of carbonyl (C=O) groups is 1. The van der Waals surface area contributed by atoms with E-state index in [1.165, 1.54) is 5.56 Å². The number of rotatable bonds is 3. The number of carbonyl (C=O) groups excluding carboxylic acids is 1. The van der Waals surface area contributed by atoms with Crippen molar-refractivity contribution in [3.8, 4) is 0 Å². The molecule has 2 heterocycles. The topological polar surface area (TPSA) is 35.6 Å². The van der Waals surface area contributed by atoms with Gasteiger partial charge in [-0.05, 0) is 60.4 Å². The van der Waals surface area contributed by atoms with Gasteiger partial charge in [0.1, 0.15) is 0 Å². The van der Waals surface area contributed by atoms with Crippen LogP contribution in [0.1, 0.15) is 30.9 Å². The number of nitrogens with zero attached hydrogens (tertiary/aromatic N) is 2. The molecule has 4 nitrogen and oxygen atoms in total. The minimum atomic E-state index is -4.09. The standard InChI is InChI=1S/C22H24F3N3O/c1-15(29)28-13-16-2-3-20(12-17(16)14-28)26-19-4-6-21(7-5-19)27-10-8-18(9-11-27)22(23,24)25/h2-7,12,18,26H,8-11,13-14H2,1H3. The lowest BCUT2D eigenvalue weighted by Crippen LogP contribution is -2.38. The van der Waals surface area contributed by atoms with Crippen LogP contribution in [0.3, 0.4) is 0 Å². The molecule has 2 aromatic rings. The number of hydrogen-bond acceptors (Lipinski definition) is 3. The highest BCUT2D eigenvalue weighted by Gasteiger charge is 2.41. The minimum Gasteiger partial charge on any atom is -0.372 e. The van der Waals surface area contributed by atoms with E-state index in [9.17, 15) is 18.0 Å². The van der Waals surface area contributed by atoms with Crippen molar-refractivity contribution in [2.45, 2.75) is 39.0 Å². The first-order chi connectivity index (χ1) is 13.8. The van der Waals surface area contributed by atoms with Gasteiger partial charge in [0.25, 0.3) is 0 Å². The van der Waals surface area contributed by atoms with E-state index in [2.05, 4.69) is 11.4 Å². The van der Waals surface area contributed by atoms with Gasteiger partial charge < -0.3 is 15.1 Å². The van der Waals surface area contributed by atoms with E-state index in [1.807, 2.05) is 46.2 Å². The highest BCUT2D eigenvalue weighted by atomic mass is 19.4. The molecule has 1 amide bonds. The average Bonchev–Trinajstić information content (AvgIpc) is 3.12. The zero-order valence-electron chi connectivity index (χ0n) is 16.3. The van der Waals surface area contributed by atoms with Crippen molar-refractivity contribution in [2.75, 3.05) is 23.3 Å². The molecule has 0 aromatic heterocycles. The first-order valence-corrected chi connectivity index (χ1v) is 9.85. The molecule has 0 saturated carbocycles. The SMILES string of the molecule is CC(=O)N1Cc2ccc(Nc3ccc(N4CCC(C(F)(F)F)CC4)cc3)cc2C1. The number of amides is 1. The fourth-order valence-corrected chi connectivity index (χ4v) is 4.08. The first kappa shape index (κ1) is 19.6. The molecule has 2 aliphatic rings. The van der Waals surface area contributed by atoms with Crippen molar-refractivity contribution in [1.29, 1.82) is 0 Å². The van der Waals surface area contributed by atoms with E-state index >= 15 is 0 Å². The maximum absolute atomic E-state index is 12.8. The quantitative estimate of drug-likeness (QED) is 0.777. The maximum atomic E-state index is 12.8. The molecule has 2 aromatic carbocycles. The Labute approximate surface area is 168 Å². The summed E-state index contributed by atoms with van der Waals surface area (Å²) in [5, 5.41) is 3.36. The Morgan fingerprint density at radius 1 is 0.966 bits per heavy atom. The average molecular weight is 403 g/mol. The molecule has 0 unspecified atom stereocenters. The van der Waals surface area contributed by atoms with Gasteiger partial charge in [-0.1, -0.05) is 6.07 Å². The molecular weight excluding hydrogens is 379 g/mol. The molecule has 1 saturated heterocycles. The third-order valence-electron chi connectivity index (χ3n) is 5.85. The lowest BCUT2D eigenvalue weighted by molar-refractivity contribution is -0.179. The van der Waals surface area contributed by atoms with Crippen LogP contribution >= 0.6 is 0 Å². The summed E-state index contributed by atoms with van der Waals surface area (Å²) < 4.78 is 38.5. The van der Waals surface area contributed by atoms with Crippen LogP contribution in [0.2, 0.25) is 0 Å². The van der Waals surface area contributed by atoms with E-state index in [4.69, 9.17) is 0 Å². The third kappa shape index (κ3) is 4.33. The van der Waals surface area contributed by atoms with Crippen LogP contribution in [0, 0.1) is 5.92 Å². The molecule has 0 aliphatic carbocycles. The van der Waals surface area contributed by atoms with Gasteiger partial charge in [0.15, 0.2) is 0 Å². The summed E-state index contributed by atoms with van der Waals surface area (Å²) in [6.45, 7) is 3.72. The Balaban J connectivity index is 1.37. The molecule has 0 atom stereocenters. The van der Waals surface area contributed by atoms with Crippen molar-refractivity contribution in [3.05, 3.63) is 53.6 Å². The van der Waals surface area contributed by atoms with E-state index in [-0.39, 0.29) is 18.7 Å². The monoisotopic (exact) mass is 403 g/mol. The number of halogens is 3. The van der Waals surface area contributed by atoms with Gasteiger partial charge in [0.05, 0.1) is 5.92 Å². The van der Waals surface area contributed by atoms with Crippen molar-refractivity contribution in [3.63, 3.8) is 0 Å². The Hall–Kier alpha value is -2.70. The van der Waals surface area contributed by atoms with Crippen LogP contribution in [0.4, 0.5) is 30.2 Å². The number of fused-ring (bicyclic) bond motifs is 1. The lowest BCUT2D eigenvalue weighted by Gasteiger charge is -2.34. The van der Waals surface area contributed by atoms with Gasteiger partial charge in [-0.3, -0.25) is 4.79 Å². The molecule has 1 fully saturated rings. The van der Waals surface area contributed by atoms with Gasteiger partial charge in [-0.25, -0.2) is 0 Å². The number of anilines is 3. The molecule has 0 radical (unpaired) electrons. The first-order valence-electron chi connectivity index (χ1n) is 9.85. The molecule has 7 heteroatoms. The number of alkyl halides is 3. The molecule has 1 N–H and O–H groups in total. The Morgan fingerprint density at radius 2 is 1.59 bits per heavy atom. The summed E-state index contributed by atoms with van der Waals surface area (Å²) in [5.41, 5.74) is 5.13. The van der Waals surface area contributed by atoms with Crippen LogP contribution in [-0.4, -0.2) is 30.1 Å². The van der Waals surface area contributed by atoms with Crippen LogP contribution < -0.4 is 10.2 Å². The summed E-state index contributed by atoms with van der Waals surface area (Å²) in [5.74, 6) is -1.11. The fourth-order valence-electron chi connectivity index (χ4n) is 4.08. The zero-order valence-corrected chi connectivity index (χ0v) is 16.3. The van der Waals surface area contributed by atoms with Gasteiger partial charge in [0.2, 0.25) is 5.91 Å². The maximum Gasteiger partial charge on any atom is 0.391 e. The second kappa shape index (κ2) is 7.61. The van der Waals surface area contributed by atoms with E-state index < -0.39 is 12.1 Å². The van der Waals surface area contributed by atoms with Gasteiger partial charge in [0, 0.05) is 50.2 Å². The molecule has 4 rings (SSSR count).